The van der Waals surface area contributed by atoms with Crippen molar-refractivity contribution in [1.82, 2.24) is 5.32 Å². The van der Waals surface area contributed by atoms with E-state index in [1.165, 1.54) is 12.0 Å². The minimum atomic E-state index is 0.558. The summed E-state index contributed by atoms with van der Waals surface area (Å²) in [6.45, 7) is 2.27. The van der Waals surface area contributed by atoms with E-state index in [1.807, 2.05) is 0 Å². The third-order valence-corrected chi connectivity index (χ3v) is 4.51. The topological polar surface area (TPSA) is 12.0 Å². The molecule has 1 fully saturated rings. The average Bonchev–Trinajstić information content (AvgIpc) is 2.74. The van der Waals surface area contributed by atoms with E-state index in [2.05, 4.69) is 42.6 Å². The summed E-state index contributed by atoms with van der Waals surface area (Å²) in [5.41, 5.74) is 1.43. The fourth-order valence-corrected chi connectivity index (χ4v) is 3.42. The van der Waals surface area contributed by atoms with E-state index >= 15 is 0 Å². The van der Waals surface area contributed by atoms with Crippen molar-refractivity contribution in [2.75, 3.05) is 5.75 Å². The molecule has 0 radical (unpaired) electrons. The summed E-state index contributed by atoms with van der Waals surface area (Å²) in [5, 5.41) is 3.42. The van der Waals surface area contributed by atoms with E-state index in [0.717, 1.165) is 16.5 Å². The number of hydrogen-bond acceptors (Lipinski definition) is 2. The Morgan fingerprint density at radius 2 is 2.19 bits per heavy atom. The van der Waals surface area contributed by atoms with Crippen LogP contribution in [0.2, 0.25) is 0 Å². The third kappa shape index (κ3) is 2.98. The van der Waals surface area contributed by atoms with E-state index in [4.69, 9.17) is 12.2 Å². The predicted octanol–water partition coefficient (Wildman–Crippen LogP) is 3.25. The highest BCUT2D eigenvalue weighted by Crippen LogP contribution is 2.24. The van der Waals surface area contributed by atoms with Gasteiger partial charge in [-0.1, -0.05) is 67.7 Å². The van der Waals surface area contributed by atoms with Gasteiger partial charge in [0, 0.05) is 11.8 Å². The maximum absolute atomic E-state index is 5.18. The Bertz CT molecular complexity index is 350. The lowest BCUT2D eigenvalue weighted by Gasteiger charge is -2.21. The van der Waals surface area contributed by atoms with Gasteiger partial charge in [0.2, 0.25) is 0 Å². The number of thiocarbonyl (C=S) groups is 1. The first-order chi connectivity index (χ1) is 7.79. The molecule has 1 N–H and O–H groups in total. The molecule has 1 aliphatic heterocycles. The van der Waals surface area contributed by atoms with Crippen LogP contribution in [0.3, 0.4) is 0 Å². The largest absolute Gasteiger partial charge is 0.367 e. The lowest BCUT2D eigenvalue weighted by Crippen LogP contribution is -2.34. The Labute approximate surface area is 107 Å². The second-order valence-corrected chi connectivity index (χ2v) is 5.90. The summed E-state index contributed by atoms with van der Waals surface area (Å²) in [5.74, 6) is 1.82. The normalized spacial score (nSPS) is 21.8. The predicted molar refractivity (Wildman–Crippen MR) is 75.9 cm³/mol. The summed E-state index contributed by atoms with van der Waals surface area (Å²) in [7, 11) is 0. The van der Waals surface area contributed by atoms with Crippen LogP contribution in [0.4, 0.5) is 0 Å². The first kappa shape index (κ1) is 11.9. The van der Waals surface area contributed by atoms with Crippen LogP contribution >= 0.6 is 24.0 Å². The van der Waals surface area contributed by atoms with Gasteiger partial charge in [-0.2, -0.15) is 0 Å². The standard InChI is InChI=1S/C13H17NS2/c1-2-11(12-9-16-13(15)14-12)8-10-6-4-3-5-7-10/h3-7,11-12H,2,8-9H2,1H3,(H,14,15). The first-order valence-corrected chi connectivity index (χ1v) is 7.16. The van der Waals surface area contributed by atoms with Crippen molar-refractivity contribution in [2.45, 2.75) is 25.8 Å². The molecule has 0 spiro atoms. The zero-order valence-corrected chi connectivity index (χ0v) is 11.1. The molecule has 1 heterocycles. The van der Waals surface area contributed by atoms with Gasteiger partial charge in [0.15, 0.2) is 0 Å². The van der Waals surface area contributed by atoms with E-state index in [-0.39, 0.29) is 0 Å². The molecule has 1 saturated heterocycles. The molecule has 1 aliphatic rings. The van der Waals surface area contributed by atoms with Gasteiger partial charge in [0.25, 0.3) is 0 Å². The minimum absolute atomic E-state index is 0.558. The number of thioether (sulfide) groups is 1. The van der Waals surface area contributed by atoms with Crippen molar-refractivity contribution in [3.63, 3.8) is 0 Å². The van der Waals surface area contributed by atoms with Crippen molar-refractivity contribution in [3.8, 4) is 0 Å². The SMILES string of the molecule is CCC(Cc1ccccc1)C1CSC(=S)N1. The van der Waals surface area contributed by atoms with Crippen molar-refractivity contribution in [2.24, 2.45) is 5.92 Å². The van der Waals surface area contributed by atoms with Crippen LogP contribution in [0, 0.1) is 5.92 Å². The van der Waals surface area contributed by atoms with Crippen molar-refractivity contribution in [3.05, 3.63) is 35.9 Å². The Morgan fingerprint density at radius 1 is 1.44 bits per heavy atom. The smallest absolute Gasteiger partial charge is 0.134 e. The van der Waals surface area contributed by atoms with Crippen molar-refractivity contribution >= 4 is 28.3 Å². The Hall–Kier alpha value is -0.540. The van der Waals surface area contributed by atoms with Gasteiger partial charge in [-0.25, -0.2) is 0 Å². The molecule has 0 saturated carbocycles. The molecule has 2 rings (SSSR count). The minimum Gasteiger partial charge on any atom is -0.367 e. The van der Waals surface area contributed by atoms with Crippen LogP contribution in [-0.2, 0) is 6.42 Å². The van der Waals surface area contributed by atoms with Crippen LogP contribution < -0.4 is 5.32 Å². The highest BCUT2D eigenvalue weighted by atomic mass is 32.2. The number of nitrogens with one attached hydrogen (secondary N) is 1. The van der Waals surface area contributed by atoms with E-state index in [9.17, 15) is 0 Å². The Morgan fingerprint density at radius 3 is 2.75 bits per heavy atom. The van der Waals surface area contributed by atoms with Crippen molar-refractivity contribution in [1.29, 1.82) is 0 Å². The lowest BCUT2D eigenvalue weighted by atomic mass is 9.91. The van der Waals surface area contributed by atoms with Gasteiger partial charge in [-0.15, -0.1) is 0 Å². The molecule has 0 aliphatic carbocycles. The molecule has 0 aromatic heterocycles. The van der Waals surface area contributed by atoms with Crippen molar-refractivity contribution < 1.29 is 0 Å². The summed E-state index contributed by atoms with van der Waals surface area (Å²) in [6, 6.07) is 11.3. The fourth-order valence-electron chi connectivity index (χ4n) is 2.14. The Kier molecular flexibility index (Phi) is 4.24. The summed E-state index contributed by atoms with van der Waals surface area (Å²) in [4.78, 5) is 0. The van der Waals surface area contributed by atoms with Crippen LogP contribution in [0.25, 0.3) is 0 Å². The van der Waals surface area contributed by atoms with Gasteiger partial charge >= 0.3 is 0 Å². The van der Waals surface area contributed by atoms with Gasteiger partial charge < -0.3 is 5.32 Å². The Balaban J connectivity index is 1.98. The average molecular weight is 251 g/mol. The zero-order chi connectivity index (χ0) is 11.4. The van der Waals surface area contributed by atoms with Gasteiger partial charge in [0.05, 0.1) is 0 Å². The zero-order valence-electron chi connectivity index (χ0n) is 9.48. The number of rotatable bonds is 4. The molecule has 3 heteroatoms. The van der Waals surface area contributed by atoms with Crippen LogP contribution in [0.5, 0.6) is 0 Å². The van der Waals surface area contributed by atoms with E-state index < -0.39 is 0 Å². The molecule has 2 atom stereocenters. The monoisotopic (exact) mass is 251 g/mol. The fraction of sp³-hybridized carbons (Fsp3) is 0.462. The number of benzene rings is 1. The second kappa shape index (κ2) is 5.69. The first-order valence-electron chi connectivity index (χ1n) is 5.77. The lowest BCUT2D eigenvalue weighted by molar-refractivity contribution is 0.412. The molecular formula is C13H17NS2. The molecule has 16 heavy (non-hydrogen) atoms. The molecule has 2 unspecified atom stereocenters. The molecular weight excluding hydrogens is 234 g/mol. The van der Waals surface area contributed by atoms with Gasteiger partial charge in [0.1, 0.15) is 4.32 Å². The maximum Gasteiger partial charge on any atom is 0.134 e. The molecule has 1 aromatic carbocycles. The van der Waals surface area contributed by atoms with Gasteiger partial charge in [-0.3, -0.25) is 0 Å². The highest BCUT2D eigenvalue weighted by molar-refractivity contribution is 8.23. The summed E-state index contributed by atoms with van der Waals surface area (Å²) < 4.78 is 0.969. The molecule has 1 aromatic rings. The highest BCUT2D eigenvalue weighted by Gasteiger charge is 2.26. The number of hydrogen-bond donors (Lipinski definition) is 1. The van der Waals surface area contributed by atoms with Crippen LogP contribution in [0.1, 0.15) is 18.9 Å². The van der Waals surface area contributed by atoms with Crippen LogP contribution in [-0.4, -0.2) is 16.1 Å². The second-order valence-electron chi connectivity index (χ2n) is 4.21. The molecule has 1 nitrogen and oxygen atoms in total. The summed E-state index contributed by atoms with van der Waals surface area (Å²) >= 11 is 6.96. The molecule has 86 valence electrons. The van der Waals surface area contributed by atoms with E-state index in [1.54, 1.807) is 11.8 Å². The maximum atomic E-state index is 5.18. The third-order valence-electron chi connectivity index (χ3n) is 3.13. The van der Waals surface area contributed by atoms with Crippen LogP contribution in [0.15, 0.2) is 30.3 Å². The van der Waals surface area contributed by atoms with E-state index in [0.29, 0.717) is 12.0 Å². The van der Waals surface area contributed by atoms with Gasteiger partial charge in [-0.05, 0) is 17.9 Å². The summed E-state index contributed by atoms with van der Waals surface area (Å²) in [6.07, 6.45) is 2.36. The quantitative estimate of drug-likeness (QED) is 0.825. The molecule has 0 amide bonds. The molecule has 0 bridgehead atoms.